The van der Waals surface area contributed by atoms with Crippen molar-refractivity contribution in [2.75, 3.05) is 44.2 Å². The molecule has 0 amide bonds. The number of fused-ring (bicyclic) bond motifs is 1. The summed E-state index contributed by atoms with van der Waals surface area (Å²) in [5, 5.41) is 14.8. The number of aliphatic hydroxyl groups excluding tert-OH is 1. The lowest BCUT2D eigenvalue weighted by molar-refractivity contribution is 0.189. The molecule has 0 spiro atoms. The van der Waals surface area contributed by atoms with Crippen LogP contribution in [-0.2, 0) is 16.6 Å². The molecule has 9 nitrogen and oxygen atoms in total. The van der Waals surface area contributed by atoms with Crippen molar-refractivity contribution in [1.82, 2.24) is 23.6 Å². The Morgan fingerprint density at radius 1 is 0.878 bits per heavy atom. The van der Waals surface area contributed by atoms with Gasteiger partial charge in [0.15, 0.2) is 5.65 Å². The second kappa shape index (κ2) is 13.2. The number of aromatic nitrogens is 4. The van der Waals surface area contributed by atoms with Crippen molar-refractivity contribution < 1.29 is 17.9 Å². The van der Waals surface area contributed by atoms with E-state index in [-0.39, 0.29) is 17.3 Å². The molecule has 0 unspecified atom stereocenters. The van der Waals surface area contributed by atoms with Gasteiger partial charge in [-0.05, 0) is 74.4 Å². The molecule has 3 aromatic carbocycles. The first-order valence-electron chi connectivity index (χ1n) is 16.4. The number of benzene rings is 3. The van der Waals surface area contributed by atoms with Crippen LogP contribution in [0.2, 0.25) is 0 Å². The van der Waals surface area contributed by atoms with Crippen LogP contribution in [0.15, 0.2) is 96.2 Å². The number of anilines is 1. The van der Waals surface area contributed by atoms with Gasteiger partial charge in [-0.1, -0.05) is 42.0 Å². The predicted octanol–water partition coefficient (Wildman–Crippen LogP) is 6.03. The molecule has 0 radical (unpaired) electrons. The first kappa shape index (κ1) is 32.7. The van der Waals surface area contributed by atoms with E-state index in [4.69, 9.17) is 10.1 Å². The Labute approximate surface area is 285 Å². The highest BCUT2D eigenvalue weighted by atomic mass is 32.2. The van der Waals surface area contributed by atoms with Crippen molar-refractivity contribution >= 4 is 26.7 Å². The molecule has 1 aliphatic heterocycles. The normalized spacial score (nSPS) is 14.2. The van der Waals surface area contributed by atoms with Gasteiger partial charge in [-0.2, -0.15) is 5.10 Å². The van der Waals surface area contributed by atoms with Crippen molar-refractivity contribution in [2.45, 2.75) is 32.2 Å². The average molecular weight is 679 g/mol. The zero-order chi connectivity index (χ0) is 34.3. The topological polar surface area (TPSA) is 96.5 Å². The van der Waals surface area contributed by atoms with Crippen LogP contribution in [0.25, 0.3) is 33.3 Å². The summed E-state index contributed by atoms with van der Waals surface area (Å²) in [6.45, 7) is 10.6. The number of hydrogen-bond donors (Lipinski definition) is 1. The number of nitrogens with zero attached hydrogens (tertiary/aromatic N) is 6. The number of β-amino-alcohol motifs (C(OH)–C–C–N with tert-alkyl or cyclic N) is 1. The maximum absolute atomic E-state index is 14.1. The molecule has 6 aromatic rings. The summed E-state index contributed by atoms with van der Waals surface area (Å²) in [4.78, 5) is 9.56. The van der Waals surface area contributed by atoms with Crippen LogP contribution in [-0.4, -0.2) is 76.5 Å². The fourth-order valence-corrected chi connectivity index (χ4v) is 8.05. The van der Waals surface area contributed by atoms with E-state index in [0.717, 1.165) is 71.1 Å². The minimum absolute atomic E-state index is 0.173. The number of rotatable bonds is 9. The number of pyridine rings is 1. The van der Waals surface area contributed by atoms with Crippen LogP contribution in [0.4, 0.5) is 10.1 Å². The second-order valence-electron chi connectivity index (χ2n) is 12.7. The van der Waals surface area contributed by atoms with Crippen LogP contribution in [0.5, 0.6) is 0 Å². The third-order valence-corrected chi connectivity index (χ3v) is 11.1. The average Bonchev–Trinajstić information content (AvgIpc) is 3.61. The first-order valence-corrected chi connectivity index (χ1v) is 17.9. The largest absolute Gasteiger partial charge is 0.395 e. The number of aryl methyl sites for hydroxylation is 2. The van der Waals surface area contributed by atoms with Crippen LogP contribution in [0, 0.1) is 26.6 Å². The summed E-state index contributed by atoms with van der Waals surface area (Å²) in [6, 6.07) is 23.6. The molecule has 1 fully saturated rings. The molecule has 1 saturated heterocycles. The molecule has 4 heterocycles. The van der Waals surface area contributed by atoms with Crippen molar-refractivity contribution in [3.63, 3.8) is 0 Å². The van der Waals surface area contributed by atoms with E-state index in [0.29, 0.717) is 29.7 Å². The minimum Gasteiger partial charge on any atom is -0.395 e. The third kappa shape index (κ3) is 6.37. The van der Waals surface area contributed by atoms with Gasteiger partial charge < -0.3 is 10.0 Å². The lowest BCUT2D eigenvalue weighted by Crippen LogP contribution is -2.47. The summed E-state index contributed by atoms with van der Waals surface area (Å²) < 4.78 is 45.3. The zero-order valence-electron chi connectivity index (χ0n) is 27.8. The van der Waals surface area contributed by atoms with E-state index in [2.05, 4.69) is 34.1 Å². The molecule has 0 bridgehead atoms. The van der Waals surface area contributed by atoms with Gasteiger partial charge in [0, 0.05) is 78.6 Å². The van der Waals surface area contributed by atoms with Crippen molar-refractivity contribution in [2.24, 2.45) is 0 Å². The smallest absolute Gasteiger partial charge is 0.269 e. The molecular formula is C38H39FN6O3S. The molecule has 252 valence electrons. The Balaban J connectivity index is 1.30. The van der Waals surface area contributed by atoms with Gasteiger partial charge in [-0.3, -0.25) is 9.58 Å². The van der Waals surface area contributed by atoms with Gasteiger partial charge >= 0.3 is 0 Å². The van der Waals surface area contributed by atoms with Gasteiger partial charge in [-0.15, -0.1) is 0 Å². The number of halogens is 1. The Hall–Kier alpha value is -4.84. The van der Waals surface area contributed by atoms with Gasteiger partial charge in [0.2, 0.25) is 0 Å². The molecule has 1 N–H and O–H groups in total. The molecule has 7 rings (SSSR count). The van der Waals surface area contributed by atoms with E-state index in [9.17, 15) is 17.9 Å². The van der Waals surface area contributed by atoms with Crippen molar-refractivity contribution in [1.29, 1.82) is 0 Å². The van der Waals surface area contributed by atoms with E-state index in [1.54, 1.807) is 42.7 Å². The summed E-state index contributed by atoms with van der Waals surface area (Å²) in [5.74, 6) is -0.309. The van der Waals surface area contributed by atoms with Gasteiger partial charge in [0.25, 0.3) is 10.0 Å². The van der Waals surface area contributed by atoms with Gasteiger partial charge in [0.05, 0.1) is 23.7 Å². The molecule has 11 heteroatoms. The fourth-order valence-electron chi connectivity index (χ4n) is 6.73. The highest BCUT2D eigenvalue weighted by Gasteiger charge is 2.26. The fraction of sp³-hybridized carbons (Fsp3) is 0.263. The second-order valence-corrected chi connectivity index (χ2v) is 14.5. The third-order valence-electron chi connectivity index (χ3n) is 9.42. The maximum atomic E-state index is 14.1. The van der Waals surface area contributed by atoms with E-state index >= 15 is 0 Å². The standard InChI is InChI=1S/C38H39FN6O3S/c1-26-7-13-34(14-8-26)49(47,48)45-25-36(37-27(2)41-44(28(37)3)24-29-5-4-6-32(39)21-29)35-22-31(23-40-38(35)45)30-9-11-33(12-10-30)43-17-15-42(16-18-43)19-20-46/h4-14,21-23,25,46H,15-20,24H2,1-3H3. The van der Waals surface area contributed by atoms with Gasteiger partial charge in [-0.25, -0.2) is 21.8 Å². The van der Waals surface area contributed by atoms with Crippen LogP contribution in [0.3, 0.4) is 0 Å². The molecule has 49 heavy (non-hydrogen) atoms. The van der Waals surface area contributed by atoms with Crippen LogP contribution in [0.1, 0.15) is 22.5 Å². The molecule has 1 aliphatic rings. The van der Waals surface area contributed by atoms with E-state index in [1.165, 1.54) is 16.1 Å². The lowest BCUT2D eigenvalue weighted by Gasteiger charge is -2.35. The maximum Gasteiger partial charge on any atom is 0.269 e. The lowest BCUT2D eigenvalue weighted by atomic mass is 10.0. The SMILES string of the molecule is Cc1ccc(S(=O)(=O)n2cc(-c3c(C)nn(Cc4cccc(F)c4)c3C)c3cc(-c4ccc(N5CCN(CCO)CC5)cc4)cnc32)cc1. The van der Waals surface area contributed by atoms with Crippen LogP contribution >= 0.6 is 0 Å². The van der Waals surface area contributed by atoms with Crippen molar-refractivity contribution in [3.8, 4) is 22.3 Å². The highest BCUT2D eigenvalue weighted by molar-refractivity contribution is 7.90. The van der Waals surface area contributed by atoms with Crippen LogP contribution < -0.4 is 4.90 Å². The Morgan fingerprint density at radius 3 is 2.31 bits per heavy atom. The quantitative estimate of drug-likeness (QED) is 0.200. The summed E-state index contributed by atoms with van der Waals surface area (Å²) in [6.07, 6.45) is 3.38. The predicted molar refractivity (Wildman–Crippen MR) is 191 cm³/mol. The summed E-state index contributed by atoms with van der Waals surface area (Å²) in [7, 11) is -3.98. The molecular weight excluding hydrogens is 640 g/mol. The van der Waals surface area contributed by atoms with E-state index < -0.39 is 10.0 Å². The summed E-state index contributed by atoms with van der Waals surface area (Å²) in [5.41, 5.74) is 8.12. The molecule has 3 aromatic heterocycles. The highest BCUT2D eigenvalue weighted by Crippen LogP contribution is 2.38. The van der Waals surface area contributed by atoms with E-state index in [1.807, 2.05) is 37.6 Å². The first-order chi connectivity index (χ1) is 23.6. The Morgan fingerprint density at radius 2 is 1.61 bits per heavy atom. The number of hydrogen-bond acceptors (Lipinski definition) is 7. The number of piperazine rings is 1. The number of aliphatic hydroxyl groups is 1. The molecule has 0 saturated carbocycles. The van der Waals surface area contributed by atoms with Crippen molar-refractivity contribution in [3.05, 3.63) is 120 Å². The van der Waals surface area contributed by atoms with Gasteiger partial charge in [0.1, 0.15) is 5.82 Å². The summed E-state index contributed by atoms with van der Waals surface area (Å²) >= 11 is 0. The Kier molecular flexibility index (Phi) is 8.82. The molecule has 0 atom stereocenters. The monoisotopic (exact) mass is 678 g/mol. The molecule has 0 aliphatic carbocycles. The Bertz CT molecular complexity index is 2240. The minimum atomic E-state index is -3.98. The zero-order valence-corrected chi connectivity index (χ0v) is 28.7.